The Morgan fingerprint density at radius 2 is 2.10 bits per heavy atom. The maximum absolute atomic E-state index is 13.2. The van der Waals surface area contributed by atoms with Gasteiger partial charge in [-0.05, 0) is 24.6 Å². The van der Waals surface area contributed by atoms with E-state index in [0.29, 0.717) is 5.56 Å². The molecule has 1 unspecified atom stereocenters. The molecule has 2 amide bonds. The van der Waals surface area contributed by atoms with Crippen LogP contribution in [0.1, 0.15) is 12.5 Å². The van der Waals surface area contributed by atoms with E-state index in [1.165, 1.54) is 24.9 Å². The van der Waals surface area contributed by atoms with Gasteiger partial charge in [-0.15, -0.1) is 0 Å². The van der Waals surface area contributed by atoms with Gasteiger partial charge in [-0.25, -0.2) is 9.18 Å². The zero-order valence-electron chi connectivity index (χ0n) is 11.4. The SMILES string of the molecule is Cc1cc(NC(=O)N(C)CC(C)C(=O)O)c(Cl)cc1F. The standard InChI is InChI=1S/C13H16ClFN2O3/c1-7-4-11(9(14)5-10(7)15)16-13(20)17(3)6-8(2)12(18)19/h4-5,8H,6H2,1-3H3,(H,16,20)(H,18,19). The molecule has 1 aromatic carbocycles. The van der Waals surface area contributed by atoms with Crippen LogP contribution in [-0.4, -0.2) is 35.6 Å². The minimum atomic E-state index is -0.986. The van der Waals surface area contributed by atoms with Crippen LogP contribution in [-0.2, 0) is 4.79 Å². The van der Waals surface area contributed by atoms with Crippen molar-refractivity contribution in [2.24, 2.45) is 5.92 Å². The molecule has 0 spiro atoms. The zero-order valence-corrected chi connectivity index (χ0v) is 12.2. The molecule has 0 aliphatic carbocycles. The molecule has 5 nitrogen and oxygen atoms in total. The normalized spacial score (nSPS) is 11.8. The number of urea groups is 1. The van der Waals surface area contributed by atoms with E-state index in [1.807, 2.05) is 0 Å². The number of halogens is 2. The summed E-state index contributed by atoms with van der Waals surface area (Å²) in [6.07, 6.45) is 0. The first-order valence-electron chi connectivity index (χ1n) is 5.93. The number of nitrogens with one attached hydrogen (secondary N) is 1. The summed E-state index contributed by atoms with van der Waals surface area (Å²) in [7, 11) is 1.47. The minimum absolute atomic E-state index is 0.0545. The van der Waals surface area contributed by atoms with Crippen molar-refractivity contribution in [1.82, 2.24) is 4.90 Å². The first-order chi connectivity index (χ1) is 9.22. The van der Waals surface area contributed by atoms with Crippen LogP contribution in [0, 0.1) is 18.7 Å². The van der Waals surface area contributed by atoms with Gasteiger partial charge in [0, 0.05) is 13.6 Å². The molecule has 1 rings (SSSR count). The summed E-state index contributed by atoms with van der Waals surface area (Å²) in [6, 6.07) is 2.03. The Labute approximate surface area is 121 Å². The fraction of sp³-hybridized carbons (Fsp3) is 0.385. The second-order valence-corrected chi connectivity index (χ2v) is 5.04. The van der Waals surface area contributed by atoms with E-state index in [9.17, 15) is 14.0 Å². The second kappa shape index (κ2) is 6.56. The zero-order chi connectivity index (χ0) is 15.4. The average Bonchev–Trinajstić information content (AvgIpc) is 2.35. The fourth-order valence-electron chi connectivity index (χ4n) is 1.54. The van der Waals surface area contributed by atoms with Crippen molar-refractivity contribution in [1.29, 1.82) is 0 Å². The summed E-state index contributed by atoms with van der Waals surface area (Å²) in [5.74, 6) is -2.13. The van der Waals surface area contributed by atoms with Gasteiger partial charge < -0.3 is 15.3 Å². The topological polar surface area (TPSA) is 69.6 Å². The molecule has 110 valence electrons. The Balaban J connectivity index is 2.76. The van der Waals surface area contributed by atoms with Gasteiger partial charge in [0.2, 0.25) is 0 Å². The smallest absolute Gasteiger partial charge is 0.321 e. The molecule has 7 heteroatoms. The lowest BCUT2D eigenvalue weighted by Crippen LogP contribution is -2.36. The Hall–Kier alpha value is -1.82. The van der Waals surface area contributed by atoms with Gasteiger partial charge in [-0.1, -0.05) is 18.5 Å². The van der Waals surface area contributed by atoms with Crippen LogP contribution < -0.4 is 5.32 Å². The molecule has 2 N–H and O–H groups in total. The molecular weight excluding hydrogens is 287 g/mol. The maximum Gasteiger partial charge on any atom is 0.321 e. The molecule has 20 heavy (non-hydrogen) atoms. The number of carboxylic acids is 1. The lowest BCUT2D eigenvalue weighted by Gasteiger charge is -2.20. The number of aryl methyl sites for hydroxylation is 1. The van der Waals surface area contributed by atoms with E-state index in [0.717, 1.165) is 6.07 Å². The highest BCUT2D eigenvalue weighted by Crippen LogP contribution is 2.25. The highest BCUT2D eigenvalue weighted by molar-refractivity contribution is 6.33. The predicted molar refractivity (Wildman–Crippen MR) is 74.6 cm³/mol. The highest BCUT2D eigenvalue weighted by atomic mass is 35.5. The molecule has 0 saturated heterocycles. The van der Waals surface area contributed by atoms with Gasteiger partial charge in [0.05, 0.1) is 16.6 Å². The molecular formula is C13H16ClFN2O3. The number of rotatable bonds is 4. The summed E-state index contributed by atoms with van der Waals surface area (Å²) in [5, 5.41) is 11.4. The van der Waals surface area contributed by atoms with Crippen LogP contribution in [0.2, 0.25) is 5.02 Å². The van der Waals surface area contributed by atoms with Crippen LogP contribution in [0.4, 0.5) is 14.9 Å². The van der Waals surface area contributed by atoms with Crippen LogP contribution in [0.25, 0.3) is 0 Å². The Bertz CT molecular complexity index is 537. The van der Waals surface area contributed by atoms with Gasteiger partial charge in [-0.2, -0.15) is 0 Å². The average molecular weight is 303 g/mol. The summed E-state index contributed by atoms with van der Waals surface area (Å²) < 4.78 is 13.2. The van der Waals surface area contributed by atoms with E-state index >= 15 is 0 Å². The fourth-order valence-corrected chi connectivity index (χ4v) is 1.73. The minimum Gasteiger partial charge on any atom is -0.481 e. The van der Waals surface area contributed by atoms with Crippen molar-refractivity contribution < 1.29 is 19.1 Å². The third-order valence-electron chi connectivity index (χ3n) is 2.81. The lowest BCUT2D eigenvalue weighted by molar-refractivity contribution is -0.141. The quantitative estimate of drug-likeness (QED) is 0.898. The Morgan fingerprint density at radius 3 is 2.65 bits per heavy atom. The molecule has 0 aliphatic rings. The van der Waals surface area contributed by atoms with E-state index < -0.39 is 23.7 Å². The molecule has 0 bridgehead atoms. The molecule has 0 radical (unpaired) electrons. The van der Waals surface area contributed by atoms with Gasteiger partial charge >= 0.3 is 12.0 Å². The molecule has 0 aromatic heterocycles. The summed E-state index contributed by atoms with van der Waals surface area (Å²) in [4.78, 5) is 23.8. The number of nitrogens with zero attached hydrogens (tertiary/aromatic N) is 1. The first kappa shape index (κ1) is 16.2. The predicted octanol–water partition coefficient (Wildman–Crippen LogP) is 2.97. The van der Waals surface area contributed by atoms with E-state index in [-0.39, 0.29) is 17.3 Å². The first-order valence-corrected chi connectivity index (χ1v) is 6.30. The Kier molecular flexibility index (Phi) is 5.33. The molecule has 0 fully saturated rings. The number of carbonyl (C=O) groups is 2. The third kappa shape index (κ3) is 4.09. The van der Waals surface area contributed by atoms with Gasteiger partial charge in [-0.3, -0.25) is 4.79 Å². The number of aliphatic carboxylic acids is 1. The molecule has 0 aliphatic heterocycles. The number of amides is 2. The second-order valence-electron chi connectivity index (χ2n) is 4.63. The number of benzene rings is 1. The van der Waals surface area contributed by atoms with Crippen LogP contribution in [0.15, 0.2) is 12.1 Å². The molecule has 0 heterocycles. The molecule has 1 aromatic rings. The summed E-state index contributed by atoms with van der Waals surface area (Å²) >= 11 is 5.84. The van der Waals surface area contributed by atoms with Crippen molar-refractivity contribution >= 4 is 29.3 Å². The third-order valence-corrected chi connectivity index (χ3v) is 3.12. The lowest BCUT2D eigenvalue weighted by atomic mass is 10.2. The van der Waals surface area contributed by atoms with Crippen molar-refractivity contribution in [3.05, 3.63) is 28.5 Å². The van der Waals surface area contributed by atoms with Gasteiger partial charge in [0.15, 0.2) is 0 Å². The summed E-state index contributed by atoms with van der Waals surface area (Å²) in [5.41, 5.74) is 0.636. The van der Waals surface area contributed by atoms with E-state index in [1.54, 1.807) is 6.92 Å². The van der Waals surface area contributed by atoms with Crippen molar-refractivity contribution in [3.63, 3.8) is 0 Å². The maximum atomic E-state index is 13.2. The van der Waals surface area contributed by atoms with E-state index in [4.69, 9.17) is 16.7 Å². The molecule has 0 saturated carbocycles. The molecule has 1 atom stereocenters. The number of carboxylic acid groups (broad SMARTS) is 1. The van der Waals surface area contributed by atoms with Crippen molar-refractivity contribution in [2.75, 3.05) is 18.9 Å². The van der Waals surface area contributed by atoms with Crippen molar-refractivity contribution in [3.8, 4) is 0 Å². The number of hydrogen-bond donors (Lipinski definition) is 2. The number of carbonyl (C=O) groups excluding carboxylic acids is 1. The van der Waals surface area contributed by atoms with E-state index in [2.05, 4.69) is 5.32 Å². The van der Waals surface area contributed by atoms with Gasteiger partial charge in [0.1, 0.15) is 5.82 Å². The highest BCUT2D eigenvalue weighted by Gasteiger charge is 2.18. The van der Waals surface area contributed by atoms with Crippen LogP contribution in [0.5, 0.6) is 0 Å². The largest absolute Gasteiger partial charge is 0.481 e. The Morgan fingerprint density at radius 1 is 1.50 bits per heavy atom. The van der Waals surface area contributed by atoms with Crippen molar-refractivity contribution in [2.45, 2.75) is 13.8 Å². The van der Waals surface area contributed by atoms with Gasteiger partial charge in [0.25, 0.3) is 0 Å². The number of hydrogen-bond acceptors (Lipinski definition) is 2. The number of anilines is 1. The monoisotopic (exact) mass is 302 g/mol. The summed E-state index contributed by atoms with van der Waals surface area (Å²) in [6.45, 7) is 3.11. The van der Waals surface area contributed by atoms with Crippen LogP contribution in [0.3, 0.4) is 0 Å². The van der Waals surface area contributed by atoms with Crippen LogP contribution >= 0.6 is 11.6 Å².